The normalized spacial score (nSPS) is 11.2. The van der Waals surface area contributed by atoms with Crippen LogP contribution in [0.5, 0.6) is 0 Å². The molecule has 0 aliphatic carbocycles. The highest BCUT2D eigenvalue weighted by molar-refractivity contribution is 5.99. The first-order valence-corrected chi connectivity index (χ1v) is 6.14. The van der Waals surface area contributed by atoms with Crippen molar-refractivity contribution >= 4 is 23.0 Å². The number of imidazole rings is 1. The van der Waals surface area contributed by atoms with Crippen molar-refractivity contribution in [1.82, 2.24) is 9.55 Å². The SMILES string of the molecule is O=C(/C=C/c1cccc(F)c1)n1cnc2ccccc21. The third-order valence-corrected chi connectivity index (χ3v) is 2.96. The number of aromatic nitrogens is 2. The van der Waals surface area contributed by atoms with Crippen molar-refractivity contribution in [2.75, 3.05) is 0 Å². The van der Waals surface area contributed by atoms with E-state index in [0.29, 0.717) is 5.56 Å². The molecule has 0 atom stereocenters. The topological polar surface area (TPSA) is 34.9 Å². The molecule has 0 aliphatic rings. The predicted molar refractivity (Wildman–Crippen MR) is 75.8 cm³/mol. The molecule has 0 bridgehead atoms. The van der Waals surface area contributed by atoms with Crippen LogP contribution in [0, 0.1) is 5.82 Å². The van der Waals surface area contributed by atoms with Crippen molar-refractivity contribution in [3.63, 3.8) is 0 Å². The predicted octanol–water partition coefficient (Wildman–Crippen LogP) is 3.53. The Bertz CT molecular complexity index is 805. The van der Waals surface area contributed by atoms with E-state index < -0.39 is 0 Å². The van der Waals surface area contributed by atoms with Crippen molar-refractivity contribution in [3.05, 3.63) is 72.3 Å². The lowest BCUT2D eigenvalue weighted by Crippen LogP contribution is -2.05. The minimum absolute atomic E-state index is 0.219. The number of rotatable bonds is 2. The molecule has 0 amide bonds. The van der Waals surface area contributed by atoms with Gasteiger partial charge in [-0.15, -0.1) is 0 Å². The number of fused-ring (bicyclic) bond motifs is 1. The average Bonchev–Trinajstić information content (AvgIpc) is 2.89. The summed E-state index contributed by atoms with van der Waals surface area (Å²) >= 11 is 0. The molecule has 98 valence electrons. The molecule has 4 heteroatoms. The average molecular weight is 266 g/mol. The fourth-order valence-corrected chi connectivity index (χ4v) is 1.99. The molecular weight excluding hydrogens is 255 g/mol. The van der Waals surface area contributed by atoms with E-state index >= 15 is 0 Å². The van der Waals surface area contributed by atoms with E-state index in [4.69, 9.17) is 0 Å². The summed E-state index contributed by atoms with van der Waals surface area (Å²) in [5.74, 6) is -0.546. The molecule has 0 aliphatic heterocycles. The monoisotopic (exact) mass is 266 g/mol. The Morgan fingerprint density at radius 1 is 1.15 bits per heavy atom. The molecule has 0 unspecified atom stereocenters. The van der Waals surface area contributed by atoms with E-state index in [-0.39, 0.29) is 11.7 Å². The smallest absolute Gasteiger partial charge is 0.256 e. The summed E-state index contributed by atoms with van der Waals surface area (Å²) in [5.41, 5.74) is 2.16. The van der Waals surface area contributed by atoms with Crippen LogP contribution in [0.3, 0.4) is 0 Å². The molecule has 0 fully saturated rings. The maximum Gasteiger partial charge on any atom is 0.256 e. The van der Waals surface area contributed by atoms with Crippen LogP contribution in [-0.4, -0.2) is 15.5 Å². The molecular formula is C16H11FN2O. The third kappa shape index (κ3) is 2.36. The van der Waals surface area contributed by atoms with E-state index in [1.54, 1.807) is 18.2 Å². The molecule has 0 saturated heterocycles. The maximum absolute atomic E-state index is 13.0. The molecule has 3 nitrogen and oxygen atoms in total. The zero-order chi connectivity index (χ0) is 13.9. The molecule has 0 radical (unpaired) electrons. The van der Waals surface area contributed by atoms with Crippen molar-refractivity contribution in [2.24, 2.45) is 0 Å². The molecule has 20 heavy (non-hydrogen) atoms. The Morgan fingerprint density at radius 2 is 2.00 bits per heavy atom. The summed E-state index contributed by atoms with van der Waals surface area (Å²) in [5, 5.41) is 0. The summed E-state index contributed by atoms with van der Waals surface area (Å²) in [6, 6.07) is 13.5. The summed E-state index contributed by atoms with van der Waals surface area (Å²) in [4.78, 5) is 16.3. The van der Waals surface area contributed by atoms with Gasteiger partial charge in [0.15, 0.2) is 0 Å². The van der Waals surface area contributed by atoms with Crippen LogP contribution >= 0.6 is 0 Å². The number of carbonyl (C=O) groups is 1. The molecule has 3 aromatic rings. The van der Waals surface area contributed by atoms with Gasteiger partial charge in [0.25, 0.3) is 5.91 Å². The molecule has 0 spiro atoms. The number of halogens is 1. The van der Waals surface area contributed by atoms with Gasteiger partial charge in [-0.25, -0.2) is 9.37 Å². The fraction of sp³-hybridized carbons (Fsp3) is 0. The van der Waals surface area contributed by atoms with E-state index in [1.165, 1.54) is 29.1 Å². The van der Waals surface area contributed by atoms with Crippen LogP contribution in [0.1, 0.15) is 10.4 Å². The number of carbonyl (C=O) groups excluding carboxylic acids is 1. The van der Waals surface area contributed by atoms with Gasteiger partial charge >= 0.3 is 0 Å². The molecule has 2 aromatic carbocycles. The van der Waals surface area contributed by atoms with Crippen molar-refractivity contribution in [2.45, 2.75) is 0 Å². The van der Waals surface area contributed by atoms with Gasteiger partial charge in [0, 0.05) is 6.08 Å². The van der Waals surface area contributed by atoms with E-state index in [9.17, 15) is 9.18 Å². The van der Waals surface area contributed by atoms with Crippen LogP contribution in [-0.2, 0) is 0 Å². The molecule has 0 N–H and O–H groups in total. The van der Waals surface area contributed by atoms with Gasteiger partial charge in [-0.2, -0.15) is 0 Å². The quantitative estimate of drug-likeness (QED) is 0.665. The summed E-state index contributed by atoms with van der Waals surface area (Å²) < 4.78 is 14.5. The number of allylic oxidation sites excluding steroid dienone is 1. The first-order chi connectivity index (χ1) is 9.74. The summed E-state index contributed by atoms with van der Waals surface area (Å²) in [6.45, 7) is 0. The number of benzene rings is 2. The van der Waals surface area contributed by atoms with Gasteiger partial charge in [-0.1, -0.05) is 24.3 Å². The van der Waals surface area contributed by atoms with Crippen LogP contribution in [0.25, 0.3) is 17.1 Å². The Kier molecular flexibility index (Phi) is 3.13. The fourth-order valence-electron chi connectivity index (χ4n) is 1.99. The highest BCUT2D eigenvalue weighted by Crippen LogP contribution is 2.12. The minimum Gasteiger partial charge on any atom is -0.269 e. The second-order valence-corrected chi connectivity index (χ2v) is 4.33. The van der Waals surface area contributed by atoms with Crippen LogP contribution in [0.15, 0.2) is 60.9 Å². The zero-order valence-corrected chi connectivity index (χ0v) is 10.5. The second-order valence-electron chi connectivity index (χ2n) is 4.33. The first kappa shape index (κ1) is 12.3. The Balaban J connectivity index is 1.90. The van der Waals surface area contributed by atoms with Crippen molar-refractivity contribution < 1.29 is 9.18 Å². The van der Waals surface area contributed by atoms with Gasteiger partial charge < -0.3 is 0 Å². The summed E-state index contributed by atoms with van der Waals surface area (Å²) in [6.07, 6.45) is 4.48. The lowest BCUT2D eigenvalue weighted by Gasteiger charge is -1.98. The number of hydrogen-bond acceptors (Lipinski definition) is 2. The van der Waals surface area contributed by atoms with Gasteiger partial charge in [-0.05, 0) is 35.9 Å². The van der Waals surface area contributed by atoms with E-state index in [0.717, 1.165) is 11.0 Å². The van der Waals surface area contributed by atoms with Crippen molar-refractivity contribution in [3.8, 4) is 0 Å². The number of hydrogen-bond donors (Lipinski definition) is 0. The third-order valence-electron chi connectivity index (χ3n) is 2.96. The minimum atomic E-state index is -0.326. The van der Waals surface area contributed by atoms with Gasteiger partial charge in [-0.3, -0.25) is 9.36 Å². The first-order valence-electron chi connectivity index (χ1n) is 6.14. The number of nitrogens with zero attached hydrogens (tertiary/aromatic N) is 2. The maximum atomic E-state index is 13.0. The summed E-state index contributed by atoms with van der Waals surface area (Å²) in [7, 11) is 0. The van der Waals surface area contributed by atoms with Crippen LogP contribution < -0.4 is 0 Å². The molecule has 1 aromatic heterocycles. The van der Waals surface area contributed by atoms with Crippen LogP contribution in [0.4, 0.5) is 4.39 Å². The van der Waals surface area contributed by atoms with E-state index in [2.05, 4.69) is 4.98 Å². The van der Waals surface area contributed by atoms with Gasteiger partial charge in [0.1, 0.15) is 12.1 Å². The molecule has 1 heterocycles. The number of para-hydroxylation sites is 2. The molecule has 3 rings (SSSR count). The highest BCUT2D eigenvalue weighted by atomic mass is 19.1. The molecule has 0 saturated carbocycles. The zero-order valence-electron chi connectivity index (χ0n) is 10.5. The Labute approximate surface area is 115 Å². The Morgan fingerprint density at radius 3 is 2.85 bits per heavy atom. The van der Waals surface area contributed by atoms with Crippen LogP contribution in [0.2, 0.25) is 0 Å². The standard InChI is InChI=1S/C16H11FN2O/c17-13-5-3-4-12(10-13)8-9-16(20)19-11-18-14-6-1-2-7-15(14)19/h1-11H/b9-8+. The lowest BCUT2D eigenvalue weighted by molar-refractivity contribution is 0.0974. The Hall–Kier alpha value is -2.75. The van der Waals surface area contributed by atoms with Gasteiger partial charge in [0.05, 0.1) is 11.0 Å². The largest absolute Gasteiger partial charge is 0.269 e. The second kappa shape index (κ2) is 5.09. The van der Waals surface area contributed by atoms with Gasteiger partial charge in [0.2, 0.25) is 0 Å². The van der Waals surface area contributed by atoms with Crippen molar-refractivity contribution in [1.29, 1.82) is 0 Å². The lowest BCUT2D eigenvalue weighted by atomic mass is 10.2. The van der Waals surface area contributed by atoms with E-state index in [1.807, 2.05) is 24.3 Å². The highest BCUT2D eigenvalue weighted by Gasteiger charge is 2.06.